The number of aromatic nitrogens is 4. The number of hydrogen-bond donors (Lipinski definition) is 2. The lowest BCUT2D eigenvalue weighted by Crippen LogP contribution is -2.15. The highest BCUT2D eigenvalue weighted by atomic mass is 35.5. The number of anilines is 2. The van der Waals surface area contributed by atoms with Crippen molar-refractivity contribution >= 4 is 29.1 Å². The number of alkyl halides is 3. The van der Waals surface area contributed by atoms with Crippen molar-refractivity contribution in [3.05, 3.63) is 94.3 Å². The zero-order chi connectivity index (χ0) is 26.9. The molecule has 0 radical (unpaired) electrons. The molecule has 1 fully saturated rings. The minimum absolute atomic E-state index is 0.0115. The Kier molecular flexibility index (Phi) is 6.78. The smallest absolute Gasteiger partial charge is 0.351 e. The molecular formula is C27H20ClF3N6O. The van der Waals surface area contributed by atoms with Crippen molar-refractivity contribution in [1.82, 2.24) is 19.5 Å². The van der Waals surface area contributed by atoms with E-state index in [1.165, 1.54) is 47.4 Å². The van der Waals surface area contributed by atoms with Crippen molar-refractivity contribution in [2.24, 2.45) is 0 Å². The Morgan fingerprint density at radius 3 is 2.50 bits per heavy atom. The predicted octanol–water partition coefficient (Wildman–Crippen LogP) is 5.87. The van der Waals surface area contributed by atoms with E-state index in [4.69, 9.17) is 11.6 Å². The van der Waals surface area contributed by atoms with E-state index in [9.17, 15) is 18.0 Å². The van der Waals surface area contributed by atoms with E-state index in [0.717, 1.165) is 18.9 Å². The Bertz CT molecular complexity index is 1570. The largest absolute Gasteiger partial charge is 0.418 e. The molecule has 0 atom stereocenters. The molecule has 38 heavy (non-hydrogen) atoms. The van der Waals surface area contributed by atoms with Gasteiger partial charge in [-0.3, -0.25) is 4.79 Å². The second kappa shape index (κ2) is 10.2. The Labute approximate surface area is 221 Å². The number of nitrogens with zero attached hydrogens (tertiary/aromatic N) is 4. The highest BCUT2D eigenvalue weighted by Gasteiger charge is 2.34. The minimum atomic E-state index is -4.65. The molecule has 0 bridgehead atoms. The zero-order valence-corrected chi connectivity index (χ0v) is 20.7. The van der Waals surface area contributed by atoms with Gasteiger partial charge in [0.05, 0.1) is 33.9 Å². The van der Waals surface area contributed by atoms with E-state index >= 15 is 0 Å². The van der Waals surface area contributed by atoms with Gasteiger partial charge in [-0.15, -0.1) is 0 Å². The second-order valence-corrected chi connectivity index (χ2v) is 9.17. The molecule has 0 saturated heterocycles. The number of carbonyl (C=O) groups excluding carboxylic acids is 1. The third-order valence-electron chi connectivity index (χ3n) is 5.68. The fraction of sp³-hybridized carbons (Fsp3) is 0.185. The highest BCUT2D eigenvalue weighted by Crippen LogP contribution is 2.36. The van der Waals surface area contributed by atoms with Gasteiger partial charge < -0.3 is 15.2 Å². The summed E-state index contributed by atoms with van der Waals surface area (Å²) in [7, 11) is 0. The van der Waals surface area contributed by atoms with E-state index in [1.54, 1.807) is 19.3 Å². The van der Waals surface area contributed by atoms with E-state index in [1.807, 2.05) is 0 Å². The molecule has 7 nitrogen and oxygen atoms in total. The average Bonchev–Trinajstić information content (AvgIpc) is 3.60. The molecule has 1 aliphatic carbocycles. The van der Waals surface area contributed by atoms with Crippen molar-refractivity contribution in [1.29, 1.82) is 0 Å². The topological polar surface area (TPSA) is 84.7 Å². The lowest BCUT2D eigenvalue weighted by atomic mass is 10.1. The lowest BCUT2D eigenvalue weighted by molar-refractivity contribution is -0.137. The van der Waals surface area contributed by atoms with Crippen LogP contribution in [0.3, 0.4) is 0 Å². The molecule has 2 N–H and O–H groups in total. The number of benzene rings is 2. The molecule has 1 amide bonds. The first-order valence-corrected chi connectivity index (χ1v) is 12.0. The van der Waals surface area contributed by atoms with Crippen LogP contribution in [0.5, 0.6) is 0 Å². The summed E-state index contributed by atoms with van der Waals surface area (Å²) in [5.41, 5.74) is 0.680. The molecule has 4 aromatic rings. The fourth-order valence-electron chi connectivity index (χ4n) is 3.60. The maximum atomic E-state index is 13.8. The normalized spacial score (nSPS) is 13.0. The number of carbonyl (C=O) groups is 1. The number of amides is 1. The molecule has 0 spiro atoms. The third kappa shape index (κ3) is 5.95. The van der Waals surface area contributed by atoms with Crippen LogP contribution in [0.25, 0.3) is 5.69 Å². The van der Waals surface area contributed by atoms with Gasteiger partial charge in [-0.2, -0.15) is 13.2 Å². The first kappa shape index (κ1) is 25.3. The third-order valence-corrected chi connectivity index (χ3v) is 6.01. The first-order chi connectivity index (χ1) is 18.2. The number of imidazole rings is 1. The van der Waals surface area contributed by atoms with Crippen molar-refractivity contribution < 1.29 is 18.0 Å². The monoisotopic (exact) mass is 536 g/mol. The number of halogens is 4. The predicted molar refractivity (Wildman–Crippen MR) is 137 cm³/mol. The fourth-order valence-corrected chi connectivity index (χ4v) is 3.77. The van der Waals surface area contributed by atoms with Gasteiger partial charge in [-0.1, -0.05) is 23.4 Å². The van der Waals surface area contributed by atoms with Crippen LogP contribution in [0.1, 0.15) is 45.6 Å². The van der Waals surface area contributed by atoms with Crippen molar-refractivity contribution in [2.45, 2.75) is 32.0 Å². The molecule has 2 aromatic carbocycles. The van der Waals surface area contributed by atoms with E-state index in [-0.39, 0.29) is 16.9 Å². The number of rotatable bonds is 5. The van der Waals surface area contributed by atoms with Crippen LogP contribution in [0.2, 0.25) is 5.02 Å². The SMILES string of the molecule is Cc1cn(-c2ccc(NC(=O)c3ccc(Cl)c(C#Cc4cnc(NC5CC5)nc4)c3)cc2C(F)(F)F)cn1. The van der Waals surface area contributed by atoms with E-state index in [2.05, 4.69) is 37.4 Å². The second-order valence-electron chi connectivity index (χ2n) is 8.76. The van der Waals surface area contributed by atoms with Gasteiger partial charge in [0.25, 0.3) is 5.91 Å². The van der Waals surface area contributed by atoms with Gasteiger partial charge in [0, 0.05) is 41.4 Å². The average molecular weight is 537 g/mol. The summed E-state index contributed by atoms with van der Waals surface area (Å²) in [6.45, 7) is 1.68. The summed E-state index contributed by atoms with van der Waals surface area (Å²) >= 11 is 6.26. The van der Waals surface area contributed by atoms with Crippen LogP contribution in [0, 0.1) is 18.8 Å². The van der Waals surface area contributed by atoms with Gasteiger partial charge >= 0.3 is 6.18 Å². The Hall–Kier alpha value is -4.36. The molecule has 1 saturated carbocycles. The van der Waals surface area contributed by atoms with Gasteiger partial charge in [0.15, 0.2) is 0 Å². The van der Waals surface area contributed by atoms with Crippen LogP contribution in [0.15, 0.2) is 61.3 Å². The molecular weight excluding hydrogens is 517 g/mol. The summed E-state index contributed by atoms with van der Waals surface area (Å²) in [5, 5.41) is 6.03. The van der Waals surface area contributed by atoms with Crippen molar-refractivity contribution in [3.63, 3.8) is 0 Å². The highest BCUT2D eigenvalue weighted by molar-refractivity contribution is 6.32. The van der Waals surface area contributed by atoms with Crippen LogP contribution in [-0.4, -0.2) is 31.5 Å². The molecule has 5 rings (SSSR count). The molecule has 0 unspecified atom stereocenters. The summed E-state index contributed by atoms with van der Waals surface area (Å²) in [6, 6.07) is 8.45. The molecule has 2 aromatic heterocycles. The Balaban J connectivity index is 1.35. The van der Waals surface area contributed by atoms with Crippen LogP contribution >= 0.6 is 11.6 Å². The van der Waals surface area contributed by atoms with E-state index < -0.39 is 17.6 Å². The van der Waals surface area contributed by atoms with Crippen molar-refractivity contribution in [2.75, 3.05) is 10.6 Å². The zero-order valence-electron chi connectivity index (χ0n) is 20.0. The standard InChI is InChI=1S/C27H20ClF3N6O/c1-16-14-37(15-34-16)24-9-7-21(11-22(24)27(29,30)31)35-25(38)19-4-8-23(28)18(10-19)3-2-17-12-32-26(33-13-17)36-20-5-6-20/h4,7-15,20H,5-6H2,1H3,(H,35,38)(H,32,33,36). The van der Waals surface area contributed by atoms with Crippen LogP contribution < -0.4 is 10.6 Å². The number of aryl methyl sites for hydroxylation is 1. The molecule has 2 heterocycles. The van der Waals surface area contributed by atoms with Crippen LogP contribution in [-0.2, 0) is 6.18 Å². The first-order valence-electron chi connectivity index (χ1n) is 11.6. The Morgan fingerprint density at radius 1 is 1.08 bits per heavy atom. The van der Waals surface area contributed by atoms with Gasteiger partial charge in [-0.05, 0) is 56.2 Å². The molecule has 0 aliphatic heterocycles. The van der Waals surface area contributed by atoms with Gasteiger partial charge in [-0.25, -0.2) is 15.0 Å². The minimum Gasteiger partial charge on any atom is -0.351 e. The molecule has 192 valence electrons. The molecule has 1 aliphatic rings. The van der Waals surface area contributed by atoms with Crippen molar-refractivity contribution in [3.8, 4) is 17.5 Å². The number of hydrogen-bond acceptors (Lipinski definition) is 5. The summed E-state index contributed by atoms with van der Waals surface area (Å²) < 4.78 is 42.7. The summed E-state index contributed by atoms with van der Waals surface area (Å²) in [4.78, 5) is 25.3. The van der Waals surface area contributed by atoms with Gasteiger partial charge in [0.1, 0.15) is 0 Å². The van der Waals surface area contributed by atoms with Crippen LogP contribution in [0.4, 0.5) is 24.8 Å². The quantitative estimate of drug-likeness (QED) is 0.312. The van der Waals surface area contributed by atoms with Gasteiger partial charge in [0.2, 0.25) is 5.95 Å². The molecule has 11 heteroatoms. The maximum Gasteiger partial charge on any atom is 0.418 e. The van der Waals surface area contributed by atoms with E-state index in [0.29, 0.717) is 33.8 Å². The lowest BCUT2D eigenvalue weighted by Gasteiger charge is -2.15. The number of nitrogens with one attached hydrogen (secondary N) is 2. The summed E-state index contributed by atoms with van der Waals surface area (Å²) in [5.74, 6) is 5.74. The maximum absolute atomic E-state index is 13.8. The summed E-state index contributed by atoms with van der Waals surface area (Å²) in [6.07, 6.45) is 3.53. The Morgan fingerprint density at radius 2 is 1.84 bits per heavy atom.